The molecule has 2 aromatic heterocycles. The Morgan fingerprint density at radius 1 is 1.29 bits per heavy atom. The van der Waals surface area contributed by atoms with Gasteiger partial charge < -0.3 is 10.5 Å². The first-order valence-corrected chi connectivity index (χ1v) is 6.95. The molecular formula is C14H16ClN5O. The van der Waals surface area contributed by atoms with E-state index in [9.17, 15) is 0 Å². The smallest absolute Gasteiger partial charge is 0.250 e. The summed E-state index contributed by atoms with van der Waals surface area (Å²) in [6, 6.07) is 1.61. The van der Waals surface area contributed by atoms with Gasteiger partial charge in [0.15, 0.2) is 0 Å². The van der Waals surface area contributed by atoms with Gasteiger partial charge in [-0.05, 0) is 18.4 Å². The molecule has 0 atom stereocenters. The highest BCUT2D eigenvalue weighted by atomic mass is 35.5. The monoisotopic (exact) mass is 305 g/mol. The van der Waals surface area contributed by atoms with Crippen LogP contribution in [0.15, 0.2) is 18.5 Å². The molecule has 21 heavy (non-hydrogen) atoms. The minimum atomic E-state index is -0.0959. The van der Waals surface area contributed by atoms with E-state index in [2.05, 4.69) is 15.2 Å². The van der Waals surface area contributed by atoms with E-state index in [0.29, 0.717) is 22.8 Å². The van der Waals surface area contributed by atoms with Crippen LogP contribution in [0.3, 0.4) is 0 Å². The van der Waals surface area contributed by atoms with Crippen molar-refractivity contribution in [1.29, 1.82) is 5.41 Å². The first-order valence-electron chi connectivity index (χ1n) is 6.58. The zero-order valence-corrected chi connectivity index (χ0v) is 12.6. The van der Waals surface area contributed by atoms with E-state index in [1.807, 2.05) is 13.8 Å². The normalized spacial score (nSPS) is 10.4. The summed E-state index contributed by atoms with van der Waals surface area (Å²) in [5.74, 6) is 0.521. The maximum atomic E-state index is 7.79. The number of ether oxygens (including phenoxy) is 1. The number of nitrogens with zero attached hydrogens (tertiary/aromatic N) is 3. The quantitative estimate of drug-likeness (QED) is 0.654. The summed E-state index contributed by atoms with van der Waals surface area (Å²) in [7, 11) is 0. The molecule has 0 spiro atoms. The highest BCUT2D eigenvalue weighted by molar-refractivity contribution is 6.30. The van der Waals surface area contributed by atoms with Crippen LogP contribution < -0.4 is 10.5 Å². The van der Waals surface area contributed by atoms with Crippen molar-refractivity contribution in [3.05, 3.63) is 40.3 Å². The Morgan fingerprint density at radius 3 is 2.62 bits per heavy atom. The molecule has 0 aliphatic carbocycles. The molecule has 0 amide bonds. The molecule has 6 nitrogen and oxygen atoms in total. The van der Waals surface area contributed by atoms with E-state index in [0.717, 1.165) is 17.7 Å². The van der Waals surface area contributed by atoms with E-state index in [-0.39, 0.29) is 11.7 Å². The van der Waals surface area contributed by atoms with Gasteiger partial charge in [0, 0.05) is 12.3 Å². The predicted molar refractivity (Wildman–Crippen MR) is 81.1 cm³/mol. The van der Waals surface area contributed by atoms with Crippen molar-refractivity contribution in [2.75, 3.05) is 0 Å². The third kappa shape index (κ3) is 3.28. The van der Waals surface area contributed by atoms with E-state index < -0.39 is 0 Å². The Balaban J connectivity index is 2.50. The van der Waals surface area contributed by atoms with Crippen LogP contribution in [-0.4, -0.2) is 21.0 Å². The summed E-state index contributed by atoms with van der Waals surface area (Å²) in [5, 5.41) is 16.4. The molecular weight excluding hydrogens is 290 g/mol. The van der Waals surface area contributed by atoms with Crippen LogP contribution in [0.25, 0.3) is 0 Å². The predicted octanol–water partition coefficient (Wildman–Crippen LogP) is 2.73. The molecule has 110 valence electrons. The van der Waals surface area contributed by atoms with Gasteiger partial charge in [-0.2, -0.15) is 5.10 Å². The third-order valence-corrected chi connectivity index (χ3v) is 3.18. The fourth-order valence-electron chi connectivity index (χ4n) is 2.06. The number of aromatic nitrogens is 3. The number of hydrogen-bond donors (Lipinski definition) is 2. The van der Waals surface area contributed by atoms with Gasteiger partial charge in [-0.1, -0.05) is 25.4 Å². The maximum absolute atomic E-state index is 7.79. The second-order valence-electron chi connectivity index (χ2n) is 4.37. The minimum Gasteiger partial charge on any atom is -0.435 e. The number of hydrogen-bond acceptors (Lipinski definition) is 5. The van der Waals surface area contributed by atoms with Gasteiger partial charge in [0.05, 0.1) is 22.5 Å². The molecule has 0 unspecified atom stereocenters. The Morgan fingerprint density at radius 2 is 2.05 bits per heavy atom. The lowest BCUT2D eigenvalue weighted by Gasteiger charge is -2.14. The SMILES string of the molecule is CCc1nnc(Oc2cncc(Cl)c2)c(C(=N)N)c1CC. The van der Waals surface area contributed by atoms with Crippen molar-refractivity contribution in [2.45, 2.75) is 26.7 Å². The van der Waals surface area contributed by atoms with Crippen LogP contribution in [0.4, 0.5) is 0 Å². The van der Waals surface area contributed by atoms with Crippen molar-refractivity contribution >= 4 is 17.4 Å². The molecule has 2 heterocycles. The molecule has 7 heteroatoms. The molecule has 0 radical (unpaired) electrons. The van der Waals surface area contributed by atoms with Gasteiger partial charge in [0.2, 0.25) is 5.88 Å². The molecule has 0 bridgehead atoms. The van der Waals surface area contributed by atoms with Crippen molar-refractivity contribution in [3.8, 4) is 11.6 Å². The van der Waals surface area contributed by atoms with E-state index in [4.69, 9.17) is 27.5 Å². The Hall–Kier alpha value is -2.21. The number of halogens is 1. The first kappa shape index (κ1) is 15.2. The molecule has 0 fully saturated rings. The van der Waals surface area contributed by atoms with E-state index in [1.165, 1.54) is 12.4 Å². The minimum absolute atomic E-state index is 0.0959. The number of aryl methyl sites for hydroxylation is 1. The first-order chi connectivity index (χ1) is 10.1. The standard InChI is InChI=1S/C14H16ClN5O/c1-3-10-11(4-2)19-20-14(12(10)13(16)17)21-9-5-8(15)6-18-7-9/h5-7H,3-4H2,1-2H3,(H3,16,17). The highest BCUT2D eigenvalue weighted by Gasteiger charge is 2.18. The van der Waals surface area contributed by atoms with Crippen molar-refractivity contribution < 1.29 is 4.74 Å². The number of nitrogens with two attached hydrogens (primary N) is 1. The number of amidine groups is 1. The van der Waals surface area contributed by atoms with E-state index in [1.54, 1.807) is 6.07 Å². The third-order valence-electron chi connectivity index (χ3n) is 2.98. The topological polar surface area (TPSA) is 97.8 Å². The van der Waals surface area contributed by atoms with Gasteiger partial charge in [0.1, 0.15) is 11.6 Å². The van der Waals surface area contributed by atoms with Crippen LogP contribution in [0.2, 0.25) is 5.02 Å². The van der Waals surface area contributed by atoms with Gasteiger partial charge in [-0.3, -0.25) is 10.4 Å². The van der Waals surface area contributed by atoms with Crippen LogP contribution in [-0.2, 0) is 12.8 Å². The lowest BCUT2D eigenvalue weighted by molar-refractivity contribution is 0.449. The number of pyridine rings is 1. The summed E-state index contributed by atoms with van der Waals surface area (Å²) in [5.41, 5.74) is 7.87. The van der Waals surface area contributed by atoms with Gasteiger partial charge in [-0.15, -0.1) is 5.10 Å². The second kappa shape index (κ2) is 6.49. The Bertz CT molecular complexity index is 674. The highest BCUT2D eigenvalue weighted by Crippen LogP contribution is 2.27. The Labute approximate surface area is 127 Å². The molecule has 0 saturated carbocycles. The van der Waals surface area contributed by atoms with Gasteiger partial charge in [0.25, 0.3) is 0 Å². The zero-order valence-electron chi connectivity index (χ0n) is 11.9. The average Bonchev–Trinajstić information content (AvgIpc) is 2.46. The molecule has 0 aliphatic heterocycles. The average molecular weight is 306 g/mol. The molecule has 2 aromatic rings. The van der Waals surface area contributed by atoms with Crippen molar-refractivity contribution in [2.24, 2.45) is 5.73 Å². The summed E-state index contributed by atoms with van der Waals surface area (Å²) < 4.78 is 5.65. The summed E-state index contributed by atoms with van der Waals surface area (Å²) in [6.45, 7) is 3.96. The second-order valence-corrected chi connectivity index (χ2v) is 4.80. The lowest BCUT2D eigenvalue weighted by Crippen LogP contribution is -2.18. The van der Waals surface area contributed by atoms with Crippen LogP contribution in [0.1, 0.15) is 30.7 Å². The zero-order chi connectivity index (χ0) is 15.4. The summed E-state index contributed by atoms with van der Waals surface area (Å²) in [6.07, 6.45) is 4.42. The van der Waals surface area contributed by atoms with E-state index >= 15 is 0 Å². The van der Waals surface area contributed by atoms with Gasteiger partial charge >= 0.3 is 0 Å². The molecule has 0 aliphatic rings. The van der Waals surface area contributed by atoms with Gasteiger partial charge in [-0.25, -0.2) is 0 Å². The largest absolute Gasteiger partial charge is 0.435 e. The summed E-state index contributed by atoms with van der Waals surface area (Å²) in [4.78, 5) is 3.94. The molecule has 3 N–H and O–H groups in total. The summed E-state index contributed by atoms with van der Waals surface area (Å²) >= 11 is 5.87. The maximum Gasteiger partial charge on any atom is 0.250 e. The number of rotatable bonds is 5. The van der Waals surface area contributed by atoms with Crippen LogP contribution in [0.5, 0.6) is 11.6 Å². The van der Waals surface area contributed by atoms with Crippen LogP contribution >= 0.6 is 11.6 Å². The van der Waals surface area contributed by atoms with Crippen molar-refractivity contribution in [3.63, 3.8) is 0 Å². The lowest BCUT2D eigenvalue weighted by atomic mass is 10.0. The molecule has 2 rings (SSSR count). The fraction of sp³-hybridized carbons (Fsp3) is 0.286. The molecule has 0 saturated heterocycles. The van der Waals surface area contributed by atoms with Crippen molar-refractivity contribution in [1.82, 2.24) is 15.2 Å². The Kier molecular flexibility index (Phi) is 4.70. The number of nitrogen functional groups attached to an aromatic ring is 1. The van der Waals surface area contributed by atoms with Crippen LogP contribution in [0, 0.1) is 5.41 Å². The number of nitrogens with one attached hydrogen (secondary N) is 1. The molecule has 0 aromatic carbocycles. The fourth-order valence-corrected chi connectivity index (χ4v) is 2.23.